The van der Waals surface area contributed by atoms with Gasteiger partial charge in [0.15, 0.2) is 0 Å². The number of halogens is 1. The van der Waals surface area contributed by atoms with Crippen LogP contribution in [-0.2, 0) is 21.1 Å². The van der Waals surface area contributed by atoms with E-state index in [4.69, 9.17) is 0 Å². The normalized spacial score (nSPS) is 16.1. The number of rotatable bonds is 2. The first kappa shape index (κ1) is 16.1. The maximum atomic E-state index is 13.2. The van der Waals surface area contributed by atoms with Crippen molar-refractivity contribution < 1.29 is 14.0 Å². The molecule has 2 amide bonds. The van der Waals surface area contributed by atoms with Gasteiger partial charge in [0.1, 0.15) is 11.6 Å². The molecular weight excluding hydrogens is 343 g/mol. The summed E-state index contributed by atoms with van der Waals surface area (Å²) in [4.78, 5) is 26.3. The molecule has 3 heterocycles. The predicted molar refractivity (Wildman–Crippen MR) is 93.0 cm³/mol. The first-order chi connectivity index (χ1) is 12.1. The summed E-state index contributed by atoms with van der Waals surface area (Å²) in [5.41, 5.74) is 2.46. The van der Waals surface area contributed by atoms with Gasteiger partial charge in [-0.3, -0.25) is 9.59 Å². The number of hydrogen-bond acceptors (Lipinski definition) is 4. The summed E-state index contributed by atoms with van der Waals surface area (Å²) in [6.45, 7) is 1.24. The van der Waals surface area contributed by atoms with Crippen LogP contribution >= 0.6 is 11.8 Å². The van der Waals surface area contributed by atoms with Gasteiger partial charge in [-0.2, -0.15) is 16.9 Å². The van der Waals surface area contributed by atoms with E-state index in [0.29, 0.717) is 24.6 Å². The molecule has 2 aliphatic rings. The molecule has 2 aliphatic heterocycles. The number of hydrogen-bond donors (Lipinski definition) is 1. The summed E-state index contributed by atoms with van der Waals surface area (Å²) in [5.74, 6) is 0.489. The highest BCUT2D eigenvalue weighted by atomic mass is 32.2. The number of nitrogens with one attached hydrogen (secondary N) is 1. The molecule has 6 nitrogen and oxygen atoms in total. The zero-order valence-corrected chi connectivity index (χ0v) is 14.3. The number of thioether (sulfide) groups is 1. The van der Waals surface area contributed by atoms with Gasteiger partial charge >= 0.3 is 11.8 Å². The van der Waals surface area contributed by atoms with Gasteiger partial charge in [0.2, 0.25) is 0 Å². The molecule has 25 heavy (non-hydrogen) atoms. The third-order valence-electron chi connectivity index (χ3n) is 4.44. The van der Waals surface area contributed by atoms with Crippen molar-refractivity contribution in [2.24, 2.45) is 0 Å². The number of benzene rings is 1. The third kappa shape index (κ3) is 3.02. The first-order valence-corrected chi connectivity index (χ1v) is 9.33. The summed E-state index contributed by atoms with van der Waals surface area (Å²) in [6, 6.07) is 5.89. The molecule has 1 fully saturated rings. The van der Waals surface area contributed by atoms with Gasteiger partial charge in [0.05, 0.1) is 11.4 Å². The Hall–Kier alpha value is -2.35. The molecule has 0 aliphatic carbocycles. The fourth-order valence-electron chi connectivity index (χ4n) is 3.14. The monoisotopic (exact) mass is 360 g/mol. The number of amides is 2. The Kier molecular flexibility index (Phi) is 4.20. The molecule has 1 N–H and O–H groups in total. The van der Waals surface area contributed by atoms with Crippen LogP contribution in [0.15, 0.2) is 24.3 Å². The van der Waals surface area contributed by atoms with Crippen molar-refractivity contribution in [2.45, 2.75) is 24.3 Å². The minimum Gasteiger partial charge on any atom is -0.334 e. The Morgan fingerprint density at radius 2 is 1.84 bits per heavy atom. The quantitative estimate of drug-likeness (QED) is 0.835. The van der Waals surface area contributed by atoms with Crippen LogP contribution in [0.1, 0.15) is 24.1 Å². The molecule has 130 valence electrons. The SMILES string of the molecule is O=C(Nc1c2c(nn1-c1ccc(F)cc1)CSC2)C(=O)N1CCCC1. The number of aromatic nitrogens is 2. The summed E-state index contributed by atoms with van der Waals surface area (Å²) in [7, 11) is 0. The van der Waals surface area contributed by atoms with Gasteiger partial charge in [0, 0.05) is 30.2 Å². The van der Waals surface area contributed by atoms with Gasteiger partial charge in [-0.15, -0.1) is 0 Å². The average molecular weight is 360 g/mol. The van der Waals surface area contributed by atoms with E-state index >= 15 is 0 Å². The summed E-state index contributed by atoms with van der Waals surface area (Å²) < 4.78 is 14.8. The van der Waals surface area contributed by atoms with Crippen molar-refractivity contribution in [3.63, 3.8) is 0 Å². The highest BCUT2D eigenvalue weighted by Crippen LogP contribution is 2.36. The van der Waals surface area contributed by atoms with E-state index in [-0.39, 0.29) is 5.82 Å². The van der Waals surface area contributed by atoms with Crippen molar-refractivity contribution in [2.75, 3.05) is 18.4 Å². The molecule has 0 bridgehead atoms. The van der Waals surface area contributed by atoms with E-state index in [2.05, 4.69) is 10.4 Å². The standard InChI is InChI=1S/C17H17FN4O2S/c18-11-3-5-12(6-4-11)22-15(13-9-25-10-14(13)20-22)19-16(23)17(24)21-7-1-2-8-21/h3-6H,1-2,7-10H2,(H,19,23). The number of carbonyl (C=O) groups excluding carboxylic acids is 2. The molecule has 1 saturated heterocycles. The van der Waals surface area contributed by atoms with E-state index in [1.807, 2.05) is 0 Å². The first-order valence-electron chi connectivity index (χ1n) is 8.18. The Bertz CT molecular complexity index is 828. The van der Waals surface area contributed by atoms with Crippen molar-refractivity contribution >= 4 is 29.4 Å². The highest BCUT2D eigenvalue weighted by molar-refractivity contribution is 7.98. The largest absolute Gasteiger partial charge is 0.334 e. The number of nitrogens with zero attached hydrogens (tertiary/aromatic N) is 3. The zero-order chi connectivity index (χ0) is 17.4. The molecule has 0 atom stereocenters. The molecule has 2 aromatic rings. The van der Waals surface area contributed by atoms with Crippen LogP contribution in [0.25, 0.3) is 5.69 Å². The molecule has 1 aromatic heterocycles. The molecular formula is C17H17FN4O2S. The van der Waals surface area contributed by atoms with Crippen molar-refractivity contribution in [1.29, 1.82) is 0 Å². The smallest absolute Gasteiger partial charge is 0.315 e. The minimum absolute atomic E-state index is 0.339. The van der Waals surface area contributed by atoms with E-state index < -0.39 is 11.8 Å². The summed E-state index contributed by atoms with van der Waals surface area (Å²) >= 11 is 1.71. The van der Waals surface area contributed by atoms with E-state index in [1.54, 1.807) is 33.5 Å². The topological polar surface area (TPSA) is 67.2 Å². The molecule has 0 radical (unpaired) electrons. The number of anilines is 1. The van der Waals surface area contributed by atoms with Crippen LogP contribution in [-0.4, -0.2) is 39.6 Å². The van der Waals surface area contributed by atoms with Gasteiger partial charge in [-0.25, -0.2) is 9.07 Å². The Morgan fingerprint density at radius 1 is 1.12 bits per heavy atom. The third-order valence-corrected chi connectivity index (χ3v) is 5.41. The lowest BCUT2D eigenvalue weighted by molar-refractivity contribution is -0.142. The van der Waals surface area contributed by atoms with Crippen molar-refractivity contribution in [3.05, 3.63) is 41.3 Å². The van der Waals surface area contributed by atoms with Gasteiger partial charge in [-0.1, -0.05) is 0 Å². The van der Waals surface area contributed by atoms with Gasteiger partial charge < -0.3 is 10.2 Å². The molecule has 0 spiro atoms. The number of carbonyl (C=O) groups is 2. The number of fused-ring (bicyclic) bond motifs is 1. The highest BCUT2D eigenvalue weighted by Gasteiger charge is 2.29. The fourth-order valence-corrected chi connectivity index (χ4v) is 4.17. The van der Waals surface area contributed by atoms with Crippen molar-refractivity contribution in [3.8, 4) is 5.69 Å². The molecule has 4 rings (SSSR count). The number of likely N-dealkylation sites (tertiary alicyclic amines) is 1. The average Bonchev–Trinajstić information content (AvgIpc) is 3.33. The second kappa shape index (κ2) is 6.51. The zero-order valence-electron chi connectivity index (χ0n) is 13.5. The minimum atomic E-state index is -0.648. The van der Waals surface area contributed by atoms with Crippen LogP contribution in [0.3, 0.4) is 0 Å². The van der Waals surface area contributed by atoms with E-state index in [1.165, 1.54) is 12.1 Å². The van der Waals surface area contributed by atoms with E-state index in [0.717, 1.165) is 35.6 Å². The van der Waals surface area contributed by atoms with Gasteiger partial charge in [0.25, 0.3) is 0 Å². The Balaban J connectivity index is 1.65. The molecule has 8 heteroatoms. The molecule has 1 aromatic carbocycles. The van der Waals surface area contributed by atoms with E-state index in [9.17, 15) is 14.0 Å². The second-order valence-electron chi connectivity index (χ2n) is 6.11. The second-order valence-corrected chi connectivity index (χ2v) is 7.09. The Morgan fingerprint density at radius 3 is 2.56 bits per heavy atom. The van der Waals surface area contributed by atoms with Crippen LogP contribution < -0.4 is 5.32 Å². The Labute approximate surface area is 148 Å². The fraction of sp³-hybridized carbons (Fsp3) is 0.353. The van der Waals surface area contributed by atoms with Crippen LogP contribution in [0.2, 0.25) is 0 Å². The molecule has 0 unspecified atom stereocenters. The lowest BCUT2D eigenvalue weighted by atomic mass is 10.2. The lowest BCUT2D eigenvalue weighted by Gasteiger charge is -2.15. The maximum absolute atomic E-state index is 13.2. The van der Waals surface area contributed by atoms with Crippen LogP contribution in [0.5, 0.6) is 0 Å². The summed E-state index contributed by atoms with van der Waals surface area (Å²) in [6.07, 6.45) is 1.86. The summed E-state index contributed by atoms with van der Waals surface area (Å²) in [5, 5.41) is 7.28. The van der Waals surface area contributed by atoms with Gasteiger partial charge in [-0.05, 0) is 37.1 Å². The lowest BCUT2D eigenvalue weighted by Crippen LogP contribution is -2.38. The molecule has 0 saturated carbocycles. The predicted octanol–water partition coefficient (Wildman–Crippen LogP) is 2.32. The van der Waals surface area contributed by atoms with Crippen LogP contribution in [0, 0.1) is 5.82 Å². The van der Waals surface area contributed by atoms with Crippen LogP contribution in [0.4, 0.5) is 10.2 Å². The van der Waals surface area contributed by atoms with Crippen molar-refractivity contribution in [1.82, 2.24) is 14.7 Å². The maximum Gasteiger partial charge on any atom is 0.315 e.